The minimum atomic E-state index is -0.843. The number of nitro groups is 1. The third-order valence-electron chi connectivity index (χ3n) is 2.31. The molecular weight excluding hydrogens is 258 g/mol. The Hall–Kier alpha value is -1.47. The van der Waals surface area contributed by atoms with E-state index in [2.05, 4.69) is 4.74 Å². The Balaban J connectivity index is 2.96. The molecule has 1 heterocycles. The summed E-state index contributed by atoms with van der Waals surface area (Å²) in [5.41, 5.74) is -1.08. The van der Waals surface area contributed by atoms with Gasteiger partial charge in [0, 0.05) is 10.9 Å². The first kappa shape index (κ1) is 14.6. The van der Waals surface area contributed by atoms with E-state index in [9.17, 15) is 20.0 Å². The Labute approximate surface area is 108 Å². The van der Waals surface area contributed by atoms with Crippen LogP contribution >= 0.6 is 11.3 Å². The molecule has 0 saturated heterocycles. The van der Waals surface area contributed by atoms with Gasteiger partial charge in [0.05, 0.1) is 17.6 Å². The van der Waals surface area contributed by atoms with Gasteiger partial charge in [-0.2, -0.15) is 0 Å². The van der Waals surface area contributed by atoms with Crippen LogP contribution in [-0.2, 0) is 11.2 Å². The second-order valence-corrected chi connectivity index (χ2v) is 5.62. The van der Waals surface area contributed by atoms with Gasteiger partial charge in [-0.05, 0) is 26.7 Å². The third kappa shape index (κ3) is 3.78. The number of ether oxygens (including phenoxy) is 1. The number of aliphatic hydroxyl groups is 1. The predicted molar refractivity (Wildman–Crippen MR) is 66.9 cm³/mol. The summed E-state index contributed by atoms with van der Waals surface area (Å²) in [5, 5.41) is 20.4. The Morgan fingerprint density at radius 3 is 2.67 bits per heavy atom. The van der Waals surface area contributed by atoms with Gasteiger partial charge in [0.2, 0.25) is 0 Å². The predicted octanol–water partition coefficient (Wildman–Crippen LogP) is 2.15. The standard InChI is InChI=1S/C11H15NO5S/c1-11(2,14)5-4-7-6-8(12(15)16)9(18-7)10(13)17-3/h6,14H,4-5H2,1-3H3. The third-order valence-corrected chi connectivity index (χ3v) is 3.48. The topological polar surface area (TPSA) is 89.7 Å². The lowest BCUT2D eigenvalue weighted by Crippen LogP contribution is -2.18. The lowest BCUT2D eigenvalue weighted by Gasteiger charge is -2.15. The highest BCUT2D eigenvalue weighted by Gasteiger charge is 2.26. The second-order valence-electron chi connectivity index (χ2n) is 4.49. The minimum Gasteiger partial charge on any atom is -0.465 e. The van der Waals surface area contributed by atoms with Crippen molar-refractivity contribution in [2.75, 3.05) is 7.11 Å². The number of aryl methyl sites for hydroxylation is 1. The largest absolute Gasteiger partial charge is 0.465 e. The highest BCUT2D eigenvalue weighted by molar-refractivity contribution is 7.14. The Morgan fingerprint density at radius 1 is 1.61 bits per heavy atom. The summed E-state index contributed by atoms with van der Waals surface area (Å²) in [6, 6.07) is 1.36. The molecule has 100 valence electrons. The van der Waals surface area contributed by atoms with E-state index in [0.717, 1.165) is 11.3 Å². The number of nitrogens with zero attached hydrogens (tertiary/aromatic N) is 1. The van der Waals surface area contributed by atoms with E-state index in [-0.39, 0.29) is 10.6 Å². The van der Waals surface area contributed by atoms with Crippen LogP contribution in [-0.4, -0.2) is 28.7 Å². The summed E-state index contributed by atoms with van der Waals surface area (Å²) in [4.78, 5) is 22.3. The van der Waals surface area contributed by atoms with Gasteiger partial charge in [-0.25, -0.2) is 4.79 Å². The maximum absolute atomic E-state index is 11.4. The Bertz CT molecular complexity index is 460. The molecule has 0 aliphatic rings. The number of esters is 1. The van der Waals surface area contributed by atoms with Crippen molar-refractivity contribution in [3.8, 4) is 0 Å². The fraction of sp³-hybridized carbons (Fsp3) is 0.545. The average molecular weight is 273 g/mol. The maximum Gasteiger partial charge on any atom is 0.355 e. The zero-order valence-corrected chi connectivity index (χ0v) is 11.2. The number of hydrogen-bond acceptors (Lipinski definition) is 6. The number of rotatable bonds is 5. The van der Waals surface area contributed by atoms with Gasteiger partial charge >= 0.3 is 5.97 Å². The molecule has 0 aromatic carbocycles. The van der Waals surface area contributed by atoms with E-state index in [4.69, 9.17) is 0 Å². The van der Waals surface area contributed by atoms with Gasteiger partial charge in [-0.1, -0.05) is 0 Å². The monoisotopic (exact) mass is 273 g/mol. The van der Waals surface area contributed by atoms with Crippen LogP contribution in [0, 0.1) is 10.1 Å². The first-order valence-corrected chi connectivity index (χ1v) is 6.14. The van der Waals surface area contributed by atoms with Crippen LogP contribution in [0.2, 0.25) is 0 Å². The van der Waals surface area contributed by atoms with Crippen molar-refractivity contribution in [1.29, 1.82) is 0 Å². The molecule has 0 saturated carbocycles. The van der Waals surface area contributed by atoms with Crippen LogP contribution in [0.1, 0.15) is 34.8 Å². The van der Waals surface area contributed by atoms with Gasteiger partial charge in [0.25, 0.3) is 5.69 Å². The highest BCUT2D eigenvalue weighted by atomic mass is 32.1. The molecule has 1 aromatic rings. The van der Waals surface area contributed by atoms with Crippen molar-refractivity contribution in [1.82, 2.24) is 0 Å². The Morgan fingerprint density at radius 2 is 2.22 bits per heavy atom. The van der Waals surface area contributed by atoms with Crippen molar-refractivity contribution in [2.45, 2.75) is 32.3 Å². The van der Waals surface area contributed by atoms with E-state index in [0.29, 0.717) is 17.7 Å². The van der Waals surface area contributed by atoms with Gasteiger partial charge < -0.3 is 9.84 Å². The lowest BCUT2D eigenvalue weighted by atomic mass is 10.0. The molecule has 18 heavy (non-hydrogen) atoms. The zero-order valence-electron chi connectivity index (χ0n) is 10.4. The molecule has 0 aliphatic heterocycles. The number of hydrogen-bond donors (Lipinski definition) is 1. The quantitative estimate of drug-likeness (QED) is 0.504. The summed E-state index contributed by atoms with van der Waals surface area (Å²) in [6.07, 6.45) is 0.942. The average Bonchev–Trinajstić information content (AvgIpc) is 2.68. The molecule has 6 nitrogen and oxygen atoms in total. The van der Waals surface area contributed by atoms with E-state index >= 15 is 0 Å². The lowest BCUT2D eigenvalue weighted by molar-refractivity contribution is -0.384. The van der Waals surface area contributed by atoms with Crippen LogP contribution in [0.4, 0.5) is 5.69 Å². The molecule has 1 N–H and O–H groups in total. The first-order valence-electron chi connectivity index (χ1n) is 5.32. The summed E-state index contributed by atoms with van der Waals surface area (Å²) in [5.74, 6) is -0.707. The van der Waals surface area contributed by atoms with Crippen LogP contribution in [0.15, 0.2) is 6.07 Å². The summed E-state index contributed by atoms with van der Waals surface area (Å²) >= 11 is 1.03. The molecule has 0 fully saturated rings. The molecular formula is C11H15NO5S. The van der Waals surface area contributed by atoms with Gasteiger partial charge in [0.15, 0.2) is 4.88 Å². The van der Waals surface area contributed by atoms with Crippen LogP contribution in [0.3, 0.4) is 0 Å². The van der Waals surface area contributed by atoms with Crippen molar-refractivity contribution >= 4 is 23.0 Å². The normalized spacial score (nSPS) is 11.3. The molecule has 0 aliphatic carbocycles. The first-order chi connectivity index (χ1) is 8.24. The van der Waals surface area contributed by atoms with Crippen molar-refractivity contribution < 1.29 is 19.6 Å². The van der Waals surface area contributed by atoms with Crippen LogP contribution in [0.25, 0.3) is 0 Å². The number of carbonyl (C=O) groups is 1. The molecule has 0 unspecified atom stereocenters. The maximum atomic E-state index is 11.4. The summed E-state index contributed by atoms with van der Waals surface area (Å²) in [6.45, 7) is 3.33. The summed E-state index contributed by atoms with van der Waals surface area (Å²) < 4.78 is 4.50. The van der Waals surface area contributed by atoms with Gasteiger partial charge in [-0.3, -0.25) is 10.1 Å². The summed E-state index contributed by atoms with van der Waals surface area (Å²) in [7, 11) is 1.18. The van der Waals surface area contributed by atoms with Crippen molar-refractivity contribution in [3.63, 3.8) is 0 Å². The van der Waals surface area contributed by atoms with E-state index in [1.54, 1.807) is 13.8 Å². The molecule has 0 atom stereocenters. The van der Waals surface area contributed by atoms with E-state index in [1.807, 2.05) is 0 Å². The van der Waals surface area contributed by atoms with Crippen molar-refractivity contribution in [2.24, 2.45) is 0 Å². The number of methoxy groups -OCH3 is 1. The van der Waals surface area contributed by atoms with Crippen LogP contribution in [0.5, 0.6) is 0 Å². The smallest absolute Gasteiger partial charge is 0.355 e. The number of carbonyl (C=O) groups excluding carboxylic acids is 1. The van der Waals surface area contributed by atoms with E-state index in [1.165, 1.54) is 13.2 Å². The van der Waals surface area contributed by atoms with E-state index < -0.39 is 16.5 Å². The number of thiophene rings is 1. The fourth-order valence-corrected chi connectivity index (χ4v) is 2.40. The Kier molecular flexibility index (Phi) is 4.42. The molecule has 0 spiro atoms. The van der Waals surface area contributed by atoms with Crippen LogP contribution < -0.4 is 0 Å². The SMILES string of the molecule is COC(=O)c1sc(CCC(C)(C)O)cc1[N+](=O)[O-]. The minimum absolute atomic E-state index is 0.00625. The fourth-order valence-electron chi connectivity index (χ4n) is 1.36. The molecule has 1 rings (SSSR count). The van der Waals surface area contributed by atoms with Gasteiger partial charge in [0.1, 0.15) is 0 Å². The van der Waals surface area contributed by atoms with Crippen molar-refractivity contribution in [3.05, 3.63) is 25.9 Å². The molecule has 0 bridgehead atoms. The molecule has 7 heteroatoms. The zero-order chi connectivity index (χ0) is 13.9. The second kappa shape index (κ2) is 5.45. The molecule has 0 radical (unpaired) electrons. The highest BCUT2D eigenvalue weighted by Crippen LogP contribution is 2.31. The van der Waals surface area contributed by atoms with Gasteiger partial charge in [-0.15, -0.1) is 11.3 Å². The molecule has 1 aromatic heterocycles. The molecule has 0 amide bonds.